The van der Waals surface area contributed by atoms with Crippen LogP contribution in [-0.4, -0.2) is 182 Å². The van der Waals surface area contributed by atoms with E-state index in [1.54, 1.807) is 67.4 Å². The number of ether oxygens (including phenoxy) is 4. The molecule has 17 rings (SSSR count). The minimum Gasteiger partial charge on any atom is -0.502 e. The van der Waals surface area contributed by atoms with E-state index in [0.717, 1.165) is 82.1 Å². The van der Waals surface area contributed by atoms with Crippen molar-refractivity contribution in [3.05, 3.63) is 375 Å². The van der Waals surface area contributed by atoms with Gasteiger partial charge in [0.1, 0.15) is 17.9 Å². The van der Waals surface area contributed by atoms with Crippen molar-refractivity contribution in [2.24, 2.45) is 35.1 Å². The van der Waals surface area contributed by atoms with Gasteiger partial charge in [0.2, 0.25) is 46.8 Å². The Morgan fingerprint density at radius 3 is 1.08 bits per heavy atom. The molecule has 0 bridgehead atoms. The van der Waals surface area contributed by atoms with Crippen molar-refractivity contribution in [1.29, 1.82) is 0 Å². The van der Waals surface area contributed by atoms with Crippen molar-refractivity contribution >= 4 is 35.6 Å². The lowest BCUT2D eigenvalue weighted by atomic mass is 9.83. The van der Waals surface area contributed by atoms with Gasteiger partial charge >= 0.3 is 11.9 Å². The number of esters is 2. The fourth-order valence-electron chi connectivity index (χ4n) is 18.2. The quantitative estimate of drug-likeness (QED) is 0.0261. The average Bonchev–Trinajstić information content (AvgIpc) is 1.29. The molecule has 7 unspecified atom stereocenters. The minimum atomic E-state index is -0.857. The number of carbonyl (C=O) groups is 6. The first kappa shape index (κ1) is 98.2. The Bertz CT molecular complexity index is 6190. The van der Waals surface area contributed by atoms with Crippen molar-refractivity contribution in [3.8, 4) is 23.0 Å². The van der Waals surface area contributed by atoms with Crippen LogP contribution in [0.1, 0.15) is 215 Å². The van der Waals surface area contributed by atoms with Crippen molar-refractivity contribution < 1.29 is 62.3 Å². The highest BCUT2D eigenvalue weighted by Crippen LogP contribution is 2.46. The predicted octanol–water partition coefficient (Wildman–Crippen LogP) is 13.4. The molecule has 1 saturated carbocycles. The van der Waals surface area contributed by atoms with E-state index in [4.69, 9.17) is 30.4 Å². The lowest BCUT2D eigenvalue weighted by molar-refractivity contribution is -0.153. The van der Waals surface area contributed by atoms with E-state index in [9.17, 15) is 62.5 Å². The number of aromatic nitrogens is 8. The van der Waals surface area contributed by atoms with E-state index in [2.05, 4.69) is 68.9 Å². The minimum absolute atomic E-state index is 0.00346. The van der Waals surface area contributed by atoms with E-state index < -0.39 is 88.7 Å². The van der Waals surface area contributed by atoms with Crippen LogP contribution in [0.4, 0.5) is 4.39 Å². The van der Waals surface area contributed by atoms with E-state index in [-0.39, 0.29) is 124 Å². The van der Waals surface area contributed by atoms with Gasteiger partial charge in [0, 0.05) is 75.5 Å². The van der Waals surface area contributed by atoms with Gasteiger partial charge in [0.15, 0.2) is 34.3 Å². The molecule has 8 aromatic carbocycles. The number of hydrogen-bond acceptors (Lipinski definition) is 22. The summed E-state index contributed by atoms with van der Waals surface area (Å²) in [6, 6.07) is 71.4. The van der Waals surface area contributed by atoms with Gasteiger partial charge in [-0.2, -0.15) is 20.4 Å². The summed E-state index contributed by atoms with van der Waals surface area (Å²) in [5, 5.41) is 38.4. The Hall–Kier alpha value is -14.9. The van der Waals surface area contributed by atoms with Crippen LogP contribution in [0.3, 0.4) is 0 Å². The highest BCUT2D eigenvalue weighted by Gasteiger charge is 2.46. The summed E-state index contributed by atoms with van der Waals surface area (Å²) in [5.74, 6) is -5.05. The van der Waals surface area contributed by atoms with E-state index >= 15 is 0 Å². The molecule has 8 heterocycles. The first-order chi connectivity index (χ1) is 65.9. The molecule has 1 fully saturated rings. The summed E-state index contributed by atoms with van der Waals surface area (Å²) in [6.45, 7) is 20.8. The van der Waals surface area contributed by atoms with Crippen molar-refractivity contribution in [1.82, 2.24) is 58.7 Å². The molecule has 712 valence electrons. The third-order valence-corrected chi connectivity index (χ3v) is 25.4. The molecule has 0 spiro atoms. The highest BCUT2D eigenvalue weighted by molar-refractivity contribution is 5.98. The third kappa shape index (κ3) is 22.2. The predicted molar refractivity (Wildman–Crippen MR) is 513 cm³/mol. The summed E-state index contributed by atoms with van der Waals surface area (Å²) in [4.78, 5) is 135. The largest absolute Gasteiger partial charge is 0.502 e. The van der Waals surface area contributed by atoms with Crippen LogP contribution >= 0.6 is 0 Å². The number of likely N-dealkylation sites (N-methyl/N-ethyl adjacent to an activating group) is 1. The molecule has 0 saturated heterocycles. The average molecular weight is 1860 g/mol. The standard InChI is InChI=1S/C29H33FN4O5.C29H34N4O5.C24H23N3O3.C24H25N3O3/c1-5-33-15-22(24(19-9-6-8-18(4)12-19)20-10-7-11-21(30)13-20)34-26(28(33)36)27(23(35)14-32-34)38-16-39-29(37)25(31)17(2)3;1-18(2)25(30)29(36)38-17-37-27-23(34)15-31-33-22(16-32(19(3)4)28(35)26(27)33)24(20-11-7-5-8-12-20)21-13-9-6-10-14-21;28-20-13-25-27-19(15-26(14-16-11-12-16)24(30)22(27)23(20)29)21(17-7-3-1-4-8-17)18-9-5-2-6-10-18;1-16(2)14-26-15-19(27-22(24(26)30)23(29)20(28)13-25-27)21(17-9-5-3-6-10-17)18-11-7-4-8-12-18/h6-14,17,22,24-25H,5,15-16,31H2,1-4H3;5-15,18-19,22,24-25H,16-17,30H2,1-4H3;1-10,13,16,19,21,29H,11-12,14-15H2;3-13,16,19,21,29H,14-15H2,1-2H3. The van der Waals surface area contributed by atoms with Gasteiger partial charge < -0.3 is 60.2 Å². The number of nitrogens with two attached hydrogens (primary N) is 2. The lowest BCUT2D eigenvalue weighted by Gasteiger charge is -2.41. The second-order valence-electron chi connectivity index (χ2n) is 36.3. The van der Waals surface area contributed by atoms with Crippen LogP contribution in [0.25, 0.3) is 0 Å². The molecule has 4 aliphatic heterocycles. The number of halogens is 1. The number of aromatic hydroxyl groups is 2. The SMILES string of the molecule is CC(C)C(N)C(=O)OCOc1c2n(ncc1=O)C(C(c1ccccc1)c1ccccc1)CN(C(C)C)C2=O.CC(C)CN1CC(C(c2ccccc2)c2ccccc2)n2ncc(=O)c(O)c2C1=O.CCN1CC(C(c2cccc(C)c2)c2cccc(F)c2)n2ncc(=O)c(OCOC(=O)C(N)C(C)C)c2C1=O.O=C1c2c(O)c(=O)cnn2C(C(c2ccccc2)c2ccccc2)CN1CC1CC1. The topological polar surface area (TPSA) is 384 Å². The second kappa shape index (κ2) is 44.1. The Morgan fingerprint density at radius 1 is 0.401 bits per heavy atom. The number of fused-ring (bicyclic) bond motifs is 4. The molecule has 4 amide bonds. The Balaban J connectivity index is 0.000000147. The molecule has 6 N–H and O–H groups in total. The van der Waals surface area contributed by atoms with Crippen molar-refractivity contribution in [3.63, 3.8) is 0 Å². The van der Waals surface area contributed by atoms with Gasteiger partial charge in [-0.3, -0.25) is 66.7 Å². The smallest absolute Gasteiger partial charge is 0.326 e. The number of benzene rings is 8. The monoisotopic (exact) mass is 1860 g/mol. The first-order valence-corrected chi connectivity index (χ1v) is 46.2. The van der Waals surface area contributed by atoms with Gasteiger partial charge in [0.05, 0.1) is 49.0 Å². The van der Waals surface area contributed by atoms with Gasteiger partial charge in [-0.05, 0) is 121 Å². The normalized spacial score (nSPS) is 16.8. The molecule has 137 heavy (non-hydrogen) atoms. The van der Waals surface area contributed by atoms with Crippen molar-refractivity contribution in [2.45, 2.75) is 148 Å². The highest BCUT2D eigenvalue weighted by atomic mass is 19.1. The fourth-order valence-corrected chi connectivity index (χ4v) is 18.2. The van der Waals surface area contributed by atoms with Crippen molar-refractivity contribution in [2.75, 3.05) is 59.4 Å². The maximum absolute atomic E-state index is 14.4. The molecule has 31 heteroatoms. The number of amides is 4. The van der Waals surface area contributed by atoms with Crippen LogP contribution < -0.4 is 42.7 Å². The second-order valence-corrected chi connectivity index (χ2v) is 36.3. The molecule has 5 aliphatic rings. The maximum Gasteiger partial charge on any atom is 0.326 e. The zero-order chi connectivity index (χ0) is 97.6. The lowest BCUT2D eigenvalue weighted by Crippen LogP contribution is -2.50. The molecular formula is C106H115FN14O16. The van der Waals surface area contributed by atoms with E-state index in [1.807, 2.05) is 205 Å². The zero-order valence-electron chi connectivity index (χ0n) is 78.2. The van der Waals surface area contributed by atoms with Gasteiger partial charge in [0.25, 0.3) is 23.6 Å². The van der Waals surface area contributed by atoms with Crippen LogP contribution in [0, 0.1) is 36.4 Å². The van der Waals surface area contributed by atoms with Gasteiger partial charge in [-0.25, -0.2) is 4.39 Å². The molecule has 0 radical (unpaired) electrons. The number of hydrogen-bond donors (Lipinski definition) is 4. The molecule has 4 aromatic heterocycles. The Labute approximate surface area is 792 Å². The van der Waals surface area contributed by atoms with Gasteiger partial charge in [-0.15, -0.1) is 0 Å². The number of rotatable bonds is 28. The zero-order valence-corrected chi connectivity index (χ0v) is 78.2. The van der Waals surface area contributed by atoms with Crippen LogP contribution in [0.5, 0.6) is 23.0 Å². The number of nitrogens with zero attached hydrogens (tertiary/aromatic N) is 12. The number of aryl methyl sites for hydroxylation is 1. The van der Waals surface area contributed by atoms with Crippen LogP contribution in [0.2, 0.25) is 0 Å². The molecule has 12 aromatic rings. The molecule has 1 aliphatic carbocycles. The summed E-state index contributed by atoms with van der Waals surface area (Å²) in [6.07, 6.45) is 6.62. The first-order valence-electron chi connectivity index (χ1n) is 46.2. The van der Waals surface area contributed by atoms with E-state index in [1.165, 1.54) is 16.8 Å². The van der Waals surface area contributed by atoms with E-state index in [0.29, 0.717) is 50.7 Å². The molecular weight excluding hydrogens is 1740 g/mol. The third-order valence-electron chi connectivity index (χ3n) is 25.4. The van der Waals surface area contributed by atoms with Gasteiger partial charge in [-0.1, -0.05) is 265 Å². The maximum atomic E-state index is 14.4. The van der Waals surface area contributed by atoms with Crippen LogP contribution in [-0.2, 0) is 19.1 Å². The van der Waals surface area contributed by atoms with Crippen LogP contribution in [0.15, 0.2) is 274 Å². The summed E-state index contributed by atoms with van der Waals surface area (Å²) < 4.78 is 42.1. The fraction of sp³-hybridized carbons (Fsp3) is 0.340. The Kier molecular flexibility index (Phi) is 31.6. The summed E-state index contributed by atoms with van der Waals surface area (Å²) >= 11 is 0. The summed E-state index contributed by atoms with van der Waals surface area (Å²) in [5.41, 5.74) is 18.2. The Morgan fingerprint density at radius 2 is 0.723 bits per heavy atom. The number of carbonyl (C=O) groups excluding carboxylic acids is 6. The molecule has 30 nitrogen and oxygen atoms in total. The summed E-state index contributed by atoms with van der Waals surface area (Å²) in [7, 11) is 0. The molecule has 7 atom stereocenters.